The standard InChI is InChI=1S/C13H23NS/c1-11(9-14-12-7-8-12)10-15-13-5-3-2-4-6-13/h12-14H,1-10H2. The van der Waals surface area contributed by atoms with Crippen molar-refractivity contribution in [1.82, 2.24) is 5.32 Å². The third kappa shape index (κ3) is 4.60. The van der Waals surface area contributed by atoms with E-state index in [1.807, 2.05) is 0 Å². The van der Waals surface area contributed by atoms with Crippen molar-refractivity contribution in [2.75, 3.05) is 12.3 Å². The SMILES string of the molecule is C=C(CNC1CC1)CSC1CCCCC1. The van der Waals surface area contributed by atoms with Crippen LogP contribution in [0.5, 0.6) is 0 Å². The van der Waals surface area contributed by atoms with Gasteiger partial charge in [0.05, 0.1) is 0 Å². The molecule has 0 aromatic rings. The summed E-state index contributed by atoms with van der Waals surface area (Å²) in [6.45, 7) is 5.20. The average Bonchev–Trinajstić information content (AvgIpc) is 3.09. The fourth-order valence-electron chi connectivity index (χ4n) is 2.09. The number of rotatable bonds is 6. The van der Waals surface area contributed by atoms with E-state index >= 15 is 0 Å². The van der Waals surface area contributed by atoms with Crippen molar-refractivity contribution in [2.24, 2.45) is 0 Å². The normalized spacial score (nSPS) is 22.9. The fourth-order valence-corrected chi connectivity index (χ4v) is 3.33. The first kappa shape index (κ1) is 11.5. The van der Waals surface area contributed by atoms with Crippen molar-refractivity contribution in [3.05, 3.63) is 12.2 Å². The summed E-state index contributed by atoms with van der Waals surface area (Å²) in [5.74, 6) is 1.17. The Labute approximate surface area is 98.1 Å². The van der Waals surface area contributed by atoms with Gasteiger partial charge in [0.2, 0.25) is 0 Å². The highest BCUT2D eigenvalue weighted by molar-refractivity contribution is 8.00. The van der Waals surface area contributed by atoms with E-state index in [0.29, 0.717) is 0 Å². The molecule has 0 saturated heterocycles. The molecule has 0 aromatic carbocycles. The molecule has 2 fully saturated rings. The van der Waals surface area contributed by atoms with Crippen LogP contribution < -0.4 is 5.32 Å². The second kappa shape index (κ2) is 5.95. The summed E-state index contributed by atoms with van der Waals surface area (Å²) in [4.78, 5) is 0. The lowest BCUT2D eigenvalue weighted by atomic mass is 10.0. The first-order chi connectivity index (χ1) is 7.34. The summed E-state index contributed by atoms with van der Waals surface area (Å²) < 4.78 is 0. The predicted molar refractivity (Wildman–Crippen MR) is 69.5 cm³/mol. The lowest BCUT2D eigenvalue weighted by molar-refractivity contribution is 0.516. The van der Waals surface area contributed by atoms with Crippen LogP contribution in [0.1, 0.15) is 44.9 Å². The van der Waals surface area contributed by atoms with Crippen molar-refractivity contribution in [2.45, 2.75) is 56.2 Å². The van der Waals surface area contributed by atoms with Crippen LogP contribution >= 0.6 is 11.8 Å². The van der Waals surface area contributed by atoms with Crippen LogP contribution in [-0.2, 0) is 0 Å². The average molecular weight is 225 g/mol. The van der Waals surface area contributed by atoms with Crippen LogP contribution in [0, 0.1) is 0 Å². The Morgan fingerprint density at radius 2 is 1.87 bits per heavy atom. The van der Waals surface area contributed by atoms with Gasteiger partial charge in [-0.25, -0.2) is 0 Å². The van der Waals surface area contributed by atoms with E-state index in [0.717, 1.165) is 17.8 Å². The Kier molecular flexibility index (Phi) is 4.58. The number of nitrogens with one attached hydrogen (secondary N) is 1. The molecule has 0 aromatic heterocycles. The van der Waals surface area contributed by atoms with Crippen molar-refractivity contribution in [3.63, 3.8) is 0 Å². The molecule has 86 valence electrons. The summed E-state index contributed by atoms with van der Waals surface area (Å²) in [6, 6.07) is 0.821. The van der Waals surface area contributed by atoms with E-state index in [4.69, 9.17) is 0 Å². The third-order valence-electron chi connectivity index (χ3n) is 3.29. The van der Waals surface area contributed by atoms with Gasteiger partial charge in [-0.15, -0.1) is 0 Å². The zero-order chi connectivity index (χ0) is 10.5. The molecular formula is C13H23NS. The molecule has 0 amide bonds. The zero-order valence-corrected chi connectivity index (χ0v) is 10.5. The van der Waals surface area contributed by atoms with Crippen molar-refractivity contribution < 1.29 is 0 Å². The van der Waals surface area contributed by atoms with Crippen molar-refractivity contribution >= 4 is 11.8 Å². The van der Waals surface area contributed by atoms with Gasteiger partial charge in [-0.3, -0.25) is 0 Å². The number of hydrogen-bond acceptors (Lipinski definition) is 2. The topological polar surface area (TPSA) is 12.0 Å². The minimum absolute atomic E-state index is 0.821. The highest BCUT2D eigenvalue weighted by Crippen LogP contribution is 2.29. The zero-order valence-electron chi connectivity index (χ0n) is 9.63. The summed E-state index contributed by atoms with van der Waals surface area (Å²) >= 11 is 2.14. The molecule has 0 spiro atoms. The van der Waals surface area contributed by atoms with Gasteiger partial charge in [0.1, 0.15) is 0 Å². The monoisotopic (exact) mass is 225 g/mol. The molecule has 1 N–H and O–H groups in total. The van der Waals surface area contributed by atoms with E-state index in [-0.39, 0.29) is 0 Å². The third-order valence-corrected chi connectivity index (χ3v) is 4.81. The van der Waals surface area contributed by atoms with Crippen LogP contribution in [0.4, 0.5) is 0 Å². The lowest BCUT2D eigenvalue weighted by Gasteiger charge is -2.21. The molecule has 2 aliphatic rings. The molecule has 2 aliphatic carbocycles. The van der Waals surface area contributed by atoms with Crippen LogP contribution in [0.15, 0.2) is 12.2 Å². The van der Waals surface area contributed by atoms with Crippen LogP contribution in [0.25, 0.3) is 0 Å². The molecule has 0 unspecified atom stereocenters. The van der Waals surface area contributed by atoms with Gasteiger partial charge in [-0.05, 0) is 25.7 Å². The molecular weight excluding hydrogens is 202 g/mol. The number of hydrogen-bond donors (Lipinski definition) is 1. The maximum atomic E-state index is 4.16. The van der Waals surface area contributed by atoms with E-state index in [1.165, 1.54) is 56.3 Å². The molecule has 2 saturated carbocycles. The Morgan fingerprint density at radius 3 is 2.53 bits per heavy atom. The molecule has 15 heavy (non-hydrogen) atoms. The van der Waals surface area contributed by atoms with E-state index in [1.54, 1.807) is 0 Å². The second-order valence-corrected chi connectivity index (χ2v) is 6.26. The molecule has 2 heteroatoms. The fraction of sp³-hybridized carbons (Fsp3) is 0.846. The van der Waals surface area contributed by atoms with E-state index in [9.17, 15) is 0 Å². The van der Waals surface area contributed by atoms with Gasteiger partial charge in [0, 0.05) is 23.6 Å². The van der Waals surface area contributed by atoms with E-state index < -0.39 is 0 Å². The maximum absolute atomic E-state index is 4.16. The molecule has 0 aliphatic heterocycles. The second-order valence-electron chi connectivity index (χ2n) is 4.98. The van der Waals surface area contributed by atoms with Gasteiger partial charge >= 0.3 is 0 Å². The maximum Gasteiger partial charge on any atom is 0.0172 e. The van der Waals surface area contributed by atoms with Crippen LogP contribution in [0.3, 0.4) is 0 Å². The summed E-state index contributed by atoms with van der Waals surface area (Å²) in [5.41, 5.74) is 1.39. The Balaban J connectivity index is 1.53. The minimum Gasteiger partial charge on any atom is -0.310 e. The highest BCUT2D eigenvalue weighted by Gasteiger charge is 2.20. The molecule has 2 rings (SSSR count). The summed E-state index contributed by atoms with van der Waals surface area (Å²) in [7, 11) is 0. The Hall–Kier alpha value is 0.0500. The van der Waals surface area contributed by atoms with Crippen LogP contribution in [0.2, 0.25) is 0 Å². The van der Waals surface area contributed by atoms with Gasteiger partial charge in [0.15, 0.2) is 0 Å². The van der Waals surface area contributed by atoms with Gasteiger partial charge < -0.3 is 5.32 Å². The van der Waals surface area contributed by atoms with Crippen LogP contribution in [-0.4, -0.2) is 23.6 Å². The molecule has 0 bridgehead atoms. The molecule has 1 nitrogen and oxygen atoms in total. The quantitative estimate of drug-likeness (QED) is 0.696. The largest absolute Gasteiger partial charge is 0.310 e. The lowest BCUT2D eigenvalue weighted by Crippen LogP contribution is -2.20. The van der Waals surface area contributed by atoms with Crippen molar-refractivity contribution in [1.29, 1.82) is 0 Å². The summed E-state index contributed by atoms with van der Waals surface area (Å²) in [5, 5.41) is 4.46. The van der Waals surface area contributed by atoms with Gasteiger partial charge in [0.25, 0.3) is 0 Å². The first-order valence-electron chi connectivity index (χ1n) is 6.36. The van der Waals surface area contributed by atoms with Gasteiger partial charge in [-0.2, -0.15) is 11.8 Å². The van der Waals surface area contributed by atoms with E-state index in [2.05, 4.69) is 23.7 Å². The highest BCUT2D eigenvalue weighted by atomic mass is 32.2. The predicted octanol–water partition coefficient (Wildman–Crippen LogP) is 3.36. The molecule has 0 radical (unpaired) electrons. The Morgan fingerprint density at radius 1 is 1.13 bits per heavy atom. The smallest absolute Gasteiger partial charge is 0.0172 e. The minimum atomic E-state index is 0.821. The molecule has 0 heterocycles. The van der Waals surface area contributed by atoms with Crippen molar-refractivity contribution in [3.8, 4) is 0 Å². The number of thioether (sulfide) groups is 1. The molecule has 0 atom stereocenters. The van der Waals surface area contributed by atoms with Gasteiger partial charge in [-0.1, -0.05) is 31.4 Å². The summed E-state index contributed by atoms with van der Waals surface area (Å²) in [6.07, 6.45) is 9.99. The first-order valence-corrected chi connectivity index (χ1v) is 7.41. The Bertz CT molecular complexity index is 205.